The van der Waals surface area contributed by atoms with Crippen molar-refractivity contribution in [3.63, 3.8) is 0 Å². The van der Waals surface area contributed by atoms with E-state index < -0.39 is 33.1 Å². The fourth-order valence-electron chi connectivity index (χ4n) is 2.37. The van der Waals surface area contributed by atoms with Gasteiger partial charge in [0.2, 0.25) is 10.0 Å². The van der Waals surface area contributed by atoms with Crippen molar-refractivity contribution < 1.29 is 27.9 Å². The molecule has 1 saturated heterocycles. The molecule has 0 aromatic heterocycles. The number of hydrogen-bond acceptors (Lipinski definition) is 5. The lowest BCUT2D eigenvalue weighted by atomic mass is 9.77. The number of carboxylic acid groups (broad SMARTS) is 1. The summed E-state index contributed by atoms with van der Waals surface area (Å²) in [5.74, 6) is -2.75. The van der Waals surface area contributed by atoms with Crippen LogP contribution in [0.5, 0.6) is 0 Å². The molecule has 1 fully saturated rings. The van der Waals surface area contributed by atoms with Gasteiger partial charge in [0.25, 0.3) is 0 Å². The van der Waals surface area contributed by atoms with Gasteiger partial charge in [-0.05, 0) is 19.3 Å². The molecule has 0 amide bonds. The van der Waals surface area contributed by atoms with Crippen LogP contribution in [0.1, 0.15) is 27.2 Å². The predicted octanol–water partition coefficient (Wildman–Crippen LogP) is 0.312. The first-order valence-corrected chi connectivity index (χ1v) is 8.13. The Hall–Kier alpha value is -1.15. The van der Waals surface area contributed by atoms with E-state index in [-0.39, 0.29) is 32.0 Å². The molecule has 0 aromatic carbocycles. The average molecular weight is 307 g/mol. The van der Waals surface area contributed by atoms with Gasteiger partial charge >= 0.3 is 11.9 Å². The molecular weight excluding hydrogens is 286 g/mol. The molecule has 1 atom stereocenters. The van der Waals surface area contributed by atoms with E-state index in [9.17, 15) is 23.1 Å². The topological polar surface area (TPSA) is 101 Å². The van der Waals surface area contributed by atoms with Gasteiger partial charge in [0.15, 0.2) is 5.75 Å². The molecule has 1 aliphatic rings. The SMILES string of the molecule is CCOC(=O)CS(=O)(=O)N1CCC(C(=O)O)(C(C)C)C1. The molecule has 116 valence electrons. The summed E-state index contributed by atoms with van der Waals surface area (Å²) in [6.45, 7) is 5.24. The summed E-state index contributed by atoms with van der Waals surface area (Å²) >= 11 is 0. The highest BCUT2D eigenvalue weighted by Gasteiger charge is 2.50. The summed E-state index contributed by atoms with van der Waals surface area (Å²) in [6, 6.07) is 0. The molecule has 0 bridgehead atoms. The molecule has 0 saturated carbocycles. The second-order valence-electron chi connectivity index (χ2n) is 5.26. The Labute approximate surface area is 118 Å². The molecule has 20 heavy (non-hydrogen) atoms. The first kappa shape index (κ1) is 16.9. The number of carbonyl (C=O) groups excluding carboxylic acids is 1. The zero-order valence-corrected chi connectivity index (χ0v) is 12.8. The molecule has 8 heteroatoms. The minimum atomic E-state index is -3.82. The molecule has 0 spiro atoms. The number of ether oxygens (including phenoxy) is 1. The van der Waals surface area contributed by atoms with E-state index in [2.05, 4.69) is 4.74 Å². The van der Waals surface area contributed by atoms with E-state index in [0.29, 0.717) is 0 Å². The highest BCUT2D eigenvalue weighted by atomic mass is 32.2. The lowest BCUT2D eigenvalue weighted by Crippen LogP contribution is -2.41. The standard InChI is InChI=1S/C12H21NO6S/c1-4-19-10(14)7-20(17,18)13-6-5-12(8-13,9(2)3)11(15)16/h9H,4-8H2,1-3H3,(H,15,16). The minimum absolute atomic E-state index is 0.0955. The molecule has 0 aromatic rings. The number of carboxylic acids is 1. The molecular formula is C12H21NO6S. The van der Waals surface area contributed by atoms with Crippen LogP contribution in [0.15, 0.2) is 0 Å². The molecule has 1 heterocycles. The van der Waals surface area contributed by atoms with Crippen molar-refractivity contribution in [2.75, 3.05) is 25.4 Å². The summed E-state index contributed by atoms with van der Waals surface area (Å²) in [5, 5.41) is 9.37. The van der Waals surface area contributed by atoms with Gasteiger partial charge in [-0.3, -0.25) is 9.59 Å². The second-order valence-corrected chi connectivity index (χ2v) is 7.23. The smallest absolute Gasteiger partial charge is 0.322 e. The summed E-state index contributed by atoms with van der Waals surface area (Å²) in [6.07, 6.45) is 0.252. The van der Waals surface area contributed by atoms with E-state index in [1.807, 2.05) is 0 Å². The monoisotopic (exact) mass is 307 g/mol. The molecule has 1 rings (SSSR count). The van der Waals surface area contributed by atoms with E-state index in [4.69, 9.17) is 0 Å². The van der Waals surface area contributed by atoms with Gasteiger partial charge in [-0.1, -0.05) is 13.8 Å². The summed E-state index contributed by atoms with van der Waals surface area (Å²) in [7, 11) is -3.82. The largest absolute Gasteiger partial charge is 0.481 e. The molecule has 0 radical (unpaired) electrons. The Balaban J connectivity index is 2.86. The third-order valence-electron chi connectivity index (χ3n) is 3.80. The lowest BCUT2D eigenvalue weighted by molar-refractivity contribution is -0.150. The molecule has 7 nitrogen and oxygen atoms in total. The van der Waals surface area contributed by atoms with Gasteiger partial charge in [-0.2, -0.15) is 0 Å². The van der Waals surface area contributed by atoms with E-state index >= 15 is 0 Å². The van der Waals surface area contributed by atoms with E-state index in [1.165, 1.54) is 0 Å². The van der Waals surface area contributed by atoms with Crippen LogP contribution < -0.4 is 0 Å². The van der Waals surface area contributed by atoms with Gasteiger partial charge in [0.05, 0.1) is 12.0 Å². The zero-order valence-electron chi connectivity index (χ0n) is 12.0. The van der Waals surface area contributed by atoms with Crippen molar-refractivity contribution in [1.29, 1.82) is 0 Å². The van der Waals surface area contributed by atoms with Crippen LogP contribution in [0.4, 0.5) is 0 Å². The van der Waals surface area contributed by atoms with Gasteiger partial charge in [0, 0.05) is 13.1 Å². The maximum atomic E-state index is 12.1. The summed E-state index contributed by atoms with van der Waals surface area (Å²) in [4.78, 5) is 22.7. The quantitative estimate of drug-likeness (QED) is 0.709. The number of hydrogen-bond donors (Lipinski definition) is 1. The highest BCUT2D eigenvalue weighted by molar-refractivity contribution is 7.89. The Morgan fingerprint density at radius 3 is 2.40 bits per heavy atom. The Bertz CT molecular complexity index is 486. The van der Waals surface area contributed by atoms with Crippen molar-refractivity contribution in [3.8, 4) is 0 Å². The van der Waals surface area contributed by atoms with Gasteiger partial charge in [-0.15, -0.1) is 0 Å². The maximum absolute atomic E-state index is 12.1. The van der Waals surface area contributed by atoms with Crippen LogP contribution in [0.3, 0.4) is 0 Å². The van der Waals surface area contributed by atoms with Crippen LogP contribution in [0.2, 0.25) is 0 Å². The van der Waals surface area contributed by atoms with Crippen LogP contribution in [-0.4, -0.2) is 55.2 Å². The number of esters is 1. The zero-order chi connectivity index (χ0) is 15.6. The number of sulfonamides is 1. The first-order chi connectivity index (χ1) is 9.15. The first-order valence-electron chi connectivity index (χ1n) is 6.52. The van der Waals surface area contributed by atoms with Crippen molar-refractivity contribution >= 4 is 22.0 Å². The Morgan fingerprint density at radius 2 is 2.00 bits per heavy atom. The number of carbonyl (C=O) groups is 2. The molecule has 1 unspecified atom stereocenters. The fraction of sp³-hybridized carbons (Fsp3) is 0.833. The molecule has 1 aliphatic heterocycles. The molecule has 0 aliphatic carbocycles. The number of nitrogens with zero attached hydrogens (tertiary/aromatic N) is 1. The summed E-state index contributed by atoms with van der Waals surface area (Å²) in [5.41, 5.74) is -1.08. The third kappa shape index (κ3) is 3.29. The predicted molar refractivity (Wildman–Crippen MR) is 71.5 cm³/mol. The third-order valence-corrected chi connectivity index (χ3v) is 5.49. The van der Waals surface area contributed by atoms with E-state index in [1.54, 1.807) is 20.8 Å². The van der Waals surface area contributed by atoms with Crippen molar-refractivity contribution in [3.05, 3.63) is 0 Å². The van der Waals surface area contributed by atoms with Gasteiger partial charge in [-0.25, -0.2) is 12.7 Å². The van der Waals surface area contributed by atoms with Crippen molar-refractivity contribution in [1.82, 2.24) is 4.31 Å². The number of aliphatic carboxylic acids is 1. The van der Waals surface area contributed by atoms with Gasteiger partial charge in [0.1, 0.15) is 0 Å². The van der Waals surface area contributed by atoms with Crippen molar-refractivity contribution in [2.45, 2.75) is 27.2 Å². The highest BCUT2D eigenvalue weighted by Crippen LogP contribution is 2.39. The van der Waals surface area contributed by atoms with Crippen LogP contribution in [-0.2, 0) is 24.3 Å². The number of rotatable bonds is 6. The van der Waals surface area contributed by atoms with Crippen LogP contribution in [0, 0.1) is 11.3 Å². The van der Waals surface area contributed by atoms with Crippen molar-refractivity contribution in [2.24, 2.45) is 11.3 Å². The maximum Gasteiger partial charge on any atom is 0.322 e. The van der Waals surface area contributed by atoms with E-state index in [0.717, 1.165) is 4.31 Å². The van der Waals surface area contributed by atoms with Gasteiger partial charge < -0.3 is 9.84 Å². The minimum Gasteiger partial charge on any atom is -0.481 e. The average Bonchev–Trinajstić information content (AvgIpc) is 2.74. The summed E-state index contributed by atoms with van der Waals surface area (Å²) < 4.78 is 29.9. The fourth-order valence-corrected chi connectivity index (χ4v) is 3.73. The Morgan fingerprint density at radius 1 is 1.40 bits per heavy atom. The normalized spacial score (nSPS) is 24.0. The second kappa shape index (κ2) is 6.09. The van der Waals surface area contributed by atoms with Crippen LogP contribution in [0.25, 0.3) is 0 Å². The molecule has 1 N–H and O–H groups in total. The lowest BCUT2D eigenvalue weighted by Gasteiger charge is -2.28. The Kier molecular flexibility index (Phi) is 5.15. The van der Waals surface area contributed by atoms with Crippen LogP contribution >= 0.6 is 0 Å².